The SMILES string of the molecule is C=CC(=O)OC(C)CCCCOC(=O)C=C(C)C. The van der Waals surface area contributed by atoms with Crippen LogP contribution in [0.3, 0.4) is 0 Å². The largest absolute Gasteiger partial charge is 0.463 e. The Balaban J connectivity index is 3.56. The fraction of sp³-hybridized carbons (Fsp3) is 0.571. The Morgan fingerprint density at radius 3 is 2.44 bits per heavy atom. The molecule has 4 heteroatoms. The first-order chi connectivity index (χ1) is 8.45. The average Bonchev–Trinajstić information content (AvgIpc) is 2.27. The van der Waals surface area contributed by atoms with Crippen LogP contribution in [0.25, 0.3) is 0 Å². The van der Waals surface area contributed by atoms with E-state index in [1.165, 1.54) is 6.08 Å². The predicted octanol–water partition coefficient (Wildman–Crippen LogP) is 2.78. The number of unbranched alkanes of at least 4 members (excludes halogenated alkanes) is 1. The maximum Gasteiger partial charge on any atom is 0.330 e. The van der Waals surface area contributed by atoms with Crippen molar-refractivity contribution in [3.63, 3.8) is 0 Å². The molecule has 0 aromatic heterocycles. The van der Waals surface area contributed by atoms with Gasteiger partial charge in [0, 0.05) is 12.2 Å². The molecule has 1 unspecified atom stereocenters. The van der Waals surface area contributed by atoms with Crippen LogP contribution in [-0.2, 0) is 19.1 Å². The highest BCUT2D eigenvalue weighted by Crippen LogP contribution is 2.05. The first-order valence-corrected chi connectivity index (χ1v) is 6.10. The lowest BCUT2D eigenvalue weighted by Crippen LogP contribution is -2.13. The Labute approximate surface area is 109 Å². The predicted molar refractivity (Wildman–Crippen MR) is 70.0 cm³/mol. The average molecular weight is 254 g/mol. The molecule has 0 aliphatic heterocycles. The highest BCUT2D eigenvalue weighted by atomic mass is 16.5. The van der Waals surface area contributed by atoms with Crippen molar-refractivity contribution in [1.82, 2.24) is 0 Å². The van der Waals surface area contributed by atoms with Crippen LogP contribution in [0.1, 0.15) is 40.0 Å². The standard InChI is InChI=1S/C14H22O4/c1-5-13(15)18-12(4)8-6-7-9-17-14(16)10-11(2)3/h5,10,12H,1,6-9H2,2-4H3. The van der Waals surface area contributed by atoms with Gasteiger partial charge >= 0.3 is 11.9 Å². The molecule has 4 nitrogen and oxygen atoms in total. The van der Waals surface area contributed by atoms with Gasteiger partial charge in [0.15, 0.2) is 0 Å². The van der Waals surface area contributed by atoms with Gasteiger partial charge in [0.25, 0.3) is 0 Å². The van der Waals surface area contributed by atoms with Gasteiger partial charge in [-0.3, -0.25) is 0 Å². The summed E-state index contributed by atoms with van der Waals surface area (Å²) < 4.78 is 10.0. The second kappa shape index (κ2) is 9.45. The number of esters is 2. The van der Waals surface area contributed by atoms with E-state index < -0.39 is 5.97 Å². The van der Waals surface area contributed by atoms with E-state index in [2.05, 4.69) is 6.58 Å². The zero-order chi connectivity index (χ0) is 14.0. The van der Waals surface area contributed by atoms with Crippen molar-refractivity contribution >= 4 is 11.9 Å². The first kappa shape index (κ1) is 16.4. The molecule has 0 fully saturated rings. The quantitative estimate of drug-likeness (QED) is 0.380. The number of rotatable bonds is 8. The lowest BCUT2D eigenvalue weighted by Gasteiger charge is -2.11. The second-order valence-electron chi connectivity index (χ2n) is 4.34. The lowest BCUT2D eigenvalue weighted by atomic mass is 10.2. The minimum Gasteiger partial charge on any atom is -0.463 e. The second-order valence-corrected chi connectivity index (χ2v) is 4.34. The van der Waals surface area contributed by atoms with Crippen LogP contribution in [-0.4, -0.2) is 24.6 Å². The Morgan fingerprint density at radius 2 is 1.89 bits per heavy atom. The molecule has 0 aliphatic rings. The van der Waals surface area contributed by atoms with Gasteiger partial charge in [0.05, 0.1) is 12.7 Å². The minimum atomic E-state index is -0.405. The molecule has 1 atom stereocenters. The maximum atomic E-state index is 11.2. The number of carbonyl (C=O) groups excluding carboxylic acids is 2. The van der Waals surface area contributed by atoms with Crippen molar-refractivity contribution in [1.29, 1.82) is 0 Å². The Kier molecular flexibility index (Phi) is 8.62. The molecule has 0 aromatic rings. The molecule has 0 N–H and O–H groups in total. The fourth-order valence-corrected chi connectivity index (χ4v) is 1.29. The summed E-state index contributed by atoms with van der Waals surface area (Å²) in [6, 6.07) is 0. The highest BCUT2D eigenvalue weighted by Gasteiger charge is 2.06. The number of carbonyl (C=O) groups is 2. The van der Waals surface area contributed by atoms with Crippen LogP contribution in [0.2, 0.25) is 0 Å². The van der Waals surface area contributed by atoms with Crippen molar-refractivity contribution in [2.75, 3.05) is 6.61 Å². The summed E-state index contributed by atoms with van der Waals surface area (Å²) in [4.78, 5) is 22.0. The molecular formula is C14H22O4. The van der Waals surface area contributed by atoms with Gasteiger partial charge in [-0.05, 0) is 40.0 Å². The van der Waals surface area contributed by atoms with E-state index in [4.69, 9.17) is 9.47 Å². The van der Waals surface area contributed by atoms with Crippen molar-refractivity contribution in [3.8, 4) is 0 Å². The normalized spacial score (nSPS) is 11.3. The molecule has 0 heterocycles. The zero-order valence-electron chi connectivity index (χ0n) is 11.4. The molecule has 0 aromatic carbocycles. The van der Waals surface area contributed by atoms with Gasteiger partial charge < -0.3 is 9.47 Å². The van der Waals surface area contributed by atoms with E-state index in [1.54, 1.807) is 0 Å². The summed E-state index contributed by atoms with van der Waals surface area (Å²) in [5.41, 5.74) is 0.921. The van der Waals surface area contributed by atoms with Crippen LogP contribution >= 0.6 is 0 Å². The molecule has 0 rings (SSSR count). The molecule has 0 saturated carbocycles. The van der Waals surface area contributed by atoms with Crippen molar-refractivity contribution in [3.05, 3.63) is 24.3 Å². The monoisotopic (exact) mass is 254 g/mol. The van der Waals surface area contributed by atoms with E-state index in [9.17, 15) is 9.59 Å². The van der Waals surface area contributed by atoms with Crippen LogP contribution < -0.4 is 0 Å². The molecule has 0 radical (unpaired) electrons. The molecular weight excluding hydrogens is 232 g/mol. The van der Waals surface area contributed by atoms with Gasteiger partial charge in [-0.2, -0.15) is 0 Å². The topological polar surface area (TPSA) is 52.6 Å². The maximum absolute atomic E-state index is 11.2. The number of ether oxygens (including phenoxy) is 2. The molecule has 0 spiro atoms. The third-order valence-corrected chi connectivity index (χ3v) is 2.14. The van der Waals surface area contributed by atoms with Crippen LogP contribution in [0, 0.1) is 0 Å². The molecule has 0 saturated heterocycles. The van der Waals surface area contributed by atoms with Gasteiger partial charge in [0.2, 0.25) is 0 Å². The third-order valence-electron chi connectivity index (χ3n) is 2.14. The highest BCUT2D eigenvalue weighted by molar-refractivity contribution is 5.82. The Bertz CT molecular complexity index is 314. The summed E-state index contributed by atoms with van der Waals surface area (Å²) in [5, 5.41) is 0. The summed E-state index contributed by atoms with van der Waals surface area (Å²) in [5.74, 6) is -0.710. The number of hydrogen-bond acceptors (Lipinski definition) is 4. The van der Waals surface area contributed by atoms with Gasteiger partial charge in [-0.25, -0.2) is 9.59 Å². The van der Waals surface area contributed by atoms with E-state index in [-0.39, 0.29) is 12.1 Å². The van der Waals surface area contributed by atoms with Crippen molar-refractivity contribution < 1.29 is 19.1 Å². The molecule has 0 amide bonds. The first-order valence-electron chi connectivity index (χ1n) is 6.10. The smallest absolute Gasteiger partial charge is 0.330 e. The number of hydrogen-bond donors (Lipinski definition) is 0. The molecule has 102 valence electrons. The van der Waals surface area contributed by atoms with Gasteiger partial charge in [-0.15, -0.1) is 0 Å². The van der Waals surface area contributed by atoms with Crippen molar-refractivity contribution in [2.24, 2.45) is 0 Å². The molecule has 0 bridgehead atoms. The summed E-state index contributed by atoms with van der Waals surface area (Å²) in [6.07, 6.45) is 4.84. The molecule has 18 heavy (non-hydrogen) atoms. The minimum absolute atomic E-state index is 0.135. The number of allylic oxidation sites excluding steroid dienone is 1. The van der Waals surface area contributed by atoms with E-state index in [0.717, 1.165) is 30.9 Å². The fourth-order valence-electron chi connectivity index (χ4n) is 1.29. The Morgan fingerprint density at radius 1 is 1.22 bits per heavy atom. The molecule has 0 aliphatic carbocycles. The third kappa shape index (κ3) is 9.63. The van der Waals surface area contributed by atoms with Crippen LogP contribution in [0.5, 0.6) is 0 Å². The van der Waals surface area contributed by atoms with Gasteiger partial charge in [-0.1, -0.05) is 12.2 Å². The van der Waals surface area contributed by atoms with Crippen LogP contribution in [0.15, 0.2) is 24.3 Å². The van der Waals surface area contributed by atoms with E-state index in [0.29, 0.717) is 6.61 Å². The van der Waals surface area contributed by atoms with Gasteiger partial charge in [0.1, 0.15) is 0 Å². The van der Waals surface area contributed by atoms with Crippen molar-refractivity contribution in [2.45, 2.75) is 46.1 Å². The van der Waals surface area contributed by atoms with E-state index >= 15 is 0 Å². The van der Waals surface area contributed by atoms with Crippen LogP contribution in [0.4, 0.5) is 0 Å². The Hall–Kier alpha value is -1.58. The summed E-state index contributed by atoms with van der Waals surface area (Å²) in [7, 11) is 0. The lowest BCUT2D eigenvalue weighted by molar-refractivity contribution is -0.142. The van der Waals surface area contributed by atoms with E-state index in [1.807, 2.05) is 20.8 Å². The summed E-state index contributed by atoms with van der Waals surface area (Å²) in [6.45, 7) is 9.24. The summed E-state index contributed by atoms with van der Waals surface area (Å²) >= 11 is 0. The zero-order valence-corrected chi connectivity index (χ0v) is 11.4.